The van der Waals surface area contributed by atoms with E-state index in [1.165, 1.54) is 25.7 Å². The molecule has 0 amide bonds. The summed E-state index contributed by atoms with van der Waals surface area (Å²) in [6.45, 7) is 0.995. The smallest absolute Gasteiger partial charge is 0.122 e. The molecule has 0 unspecified atom stereocenters. The molecule has 1 aliphatic carbocycles. The van der Waals surface area contributed by atoms with Crippen molar-refractivity contribution in [2.45, 2.75) is 30.4 Å². The van der Waals surface area contributed by atoms with Crippen molar-refractivity contribution >= 4 is 34.7 Å². The Morgan fingerprint density at radius 3 is 2.89 bits per heavy atom. The highest BCUT2D eigenvalue weighted by atomic mass is 32.2. The third-order valence-corrected chi connectivity index (χ3v) is 5.20. The first-order valence-electron chi connectivity index (χ1n) is 6.20. The predicted octanol–water partition coefficient (Wildman–Crippen LogP) is 2.80. The van der Waals surface area contributed by atoms with Gasteiger partial charge in [-0.3, -0.25) is 4.98 Å². The highest BCUT2D eigenvalue weighted by molar-refractivity contribution is 8.00. The largest absolute Gasteiger partial charge is 0.388 e. The fraction of sp³-hybridized carbons (Fsp3) is 0.538. The number of hydrogen-bond donors (Lipinski definition) is 2. The summed E-state index contributed by atoms with van der Waals surface area (Å²) in [5.74, 6) is 0. The van der Waals surface area contributed by atoms with Gasteiger partial charge in [-0.05, 0) is 31.2 Å². The lowest BCUT2D eigenvalue weighted by atomic mass is 10.1. The van der Waals surface area contributed by atoms with E-state index in [1.54, 1.807) is 6.20 Å². The van der Waals surface area contributed by atoms with Gasteiger partial charge >= 0.3 is 0 Å². The summed E-state index contributed by atoms with van der Waals surface area (Å²) < 4.78 is 0.395. The molecule has 3 N–H and O–H groups in total. The first-order valence-corrected chi connectivity index (χ1v) is 7.83. The predicted molar refractivity (Wildman–Crippen MR) is 83.3 cm³/mol. The van der Waals surface area contributed by atoms with Crippen LogP contribution in [0, 0.1) is 0 Å². The highest BCUT2D eigenvalue weighted by Crippen LogP contribution is 2.40. The second-order valence-electron chi connectivity index (χ2n) is 4.74. The third kappa shape index (κ3) is 3.14. The van der Waals surface area contributed by atoms with Crippen molar-refractivity contribution in [2.24, 2.45) is 5.73 Å². The van der Waals surface area contributed by atoms with Crippen LogP contribution >= 0.6 is 24.0 Å². The van der Waals surface area contributed by atoms with Crippen LogP contribution in [0.2, 0.25) is 0 Å². The van der Waals surface area contributed by atoms with Crippen molar-refractivity contribution in [2.75, 3.05) is 18.1 Å². The average Bonchev–Trinajstić information content (AvgIpc) is 2.86. The summed E-state index contributed by atoms with van der Waals surface area (Å²) in [6.07, 6.45) is 9.24. The standard InChI is InChI=1S/C13H19N3S2/c1-18-13(5-2-3-6-13)9-16-10-4-7-15-11(8-10)12(14)17/h4,7-8H,2-3,5-6,9H2,1H3,(H2,14,17)(H,15,16). The first-order chi connectivity index (χ1) is 8.65. The quantitative estimate of drug-likeness (QED) is 0.813. The van der Waals surface area contributed by atoms with Crippen LogP contribution in [0.4, 0.5) is 5.69 Å². The van der Waals surface area contributed by atoms with E-state index in [0.717, 1.165) is 12.2 Å². The van der Waals surface area contributed by atoms with Crippen LogP contribution < -0.4 is 11.1 Å². The number of hydrogen-bond acceptors (Lipinski definition) is 4. The molecule has 0 atom stereocenters. The number of thiocarbonyl (C=S) groups is 1. The van der Waals surface area contributed by atoms with E-state index in [2.05, 4.69) is 16.6 Å². The van der Waals surface area contributed by atoms with Gasteiger partial charge in [-0.1, -0.05) is 25.1 Å². The van der Waals surface area contributed by atoms with E-state index >= 15 is 0 Å². The molecule has 2 rings (SSSR count). The number of anilines is 1. The van der Waals surface area contributed by atoms with Crippen LogP contribution in [0.15, 0.2) is 18.3 Å². The van der Waals surface area contributed by atoms with Gasteiger partial charge in [0.25, 0.3) is 0 Å². The van der Waals surface area contributed by atoms with E-state index in [0.29, 0.717) is 15.4 Å². The second-order valence-corrected chi connectivity index (χ2v) is 6.46. The van der Waals surface area contributed by atoms with Crippen molar-refractivity contribution in [1.82, 2.24) is 4.98 Å². The molecule has 3 nitrogen and oxygen atoms in total. The van der Waals surface area contributed by atoms with Crippen LogP contribution in [0.1, 0.15) is 31.4 Å². The normalized spacial score (nSPS) is 17.6. The fourth-order valence-electron chi connectivity index (χ4n) is 2.41. The Morgan fingerprint density at radius 1 is 1.56 bits per heavy atom. The summed E-state index contributed by atoms with van der Waals surface area (Å²) in [5, 5.41) is 3.50. The molecule has 0 aromatic carbocycles. The Kier molecular flexibility index (Phi) is 4.45. The first kappa shape index (κ1) is 13.6. The summed E-state index contributed by atoms with van der Waals surface area (Å²) in [5.41, 5.74) is 7.32. The van der Waals surface area contributed by atoms with E-state index < -0.39 is 0 Å². The van der Waals surface area contributed by atoms with Crippen molar-refractivity contribution in [3.8, 4) is 0 Å². The van der Waals surface area contributed by atoms with E-state index in [-0.39, 0.29) is 0 Å². The molecule has 5 heteroatoms. The number of nitrogens with two attached hydrogens (primary N) is 1. The molecule has 18 heavy (non-hydrogen) atoms. The van der Waals surface area contributed by atoms with Gasteiger partial charge in [-0.2, -0.15) is 11.8 Å². The molecule has 1 saturated carbocycles. The number of thioether (sulfide) groups is 1. The van der Waals surface area contributed by atoms with Gasteiger partial charge in [0.1, 0.15) is 4.99 Å². The van der Waals surface area contributed by atoms with Crippen LogP contribution in [0.3, 0.4) is 0 Å². The van der Waals surface area contributed by atoms with Gasteiger partial charge in [0.15, 0.2) is 0 Å². The second kappa shape index (κ2) is 5.89. The summed E-state index contributed by atoms with van der Waals surface area (Å²) in [6, 6.07) is 3.88. The summed E-state index contributed by atoms with van der Waals surface area (Å²) >= 11 is 6.92. The SMILES string of the molecule is CSC1(CNc2ccnc(C(N)=S)c2)CCCC1. The molecular formula is C13H19N3S2. The summed E-state index contributed by atoms with van der Waals surface area (Å²) in [4.78, 5) is 4.49. The van der Waals surface area contributed by atoms with Crippen LogP contribution in [-0.4, -0.2) is 27.5 Å². The van der Waals surface area contributed by atoms with Gasteiger partial charge in [0.2, 0.25) is 0 Å². The Morgan fingerprint density at radius 2 is 2.28 bits per heavy atom. The van der Waals surface area contributed by atoms with E-state index in [1.807, 2.05) is 23.9 Å². The number of nitrogens with one attached hydrogen (secondary N) is 1. The topological polar surface area (TPSA) is 50.9 Å². The summed E-state index contributed by atoms with van der Waals surface area (Å²) in [7, 11) is 0. The molecule has 1 aliphatic rings. The van der Waals surface area contributed by atoms with E-state index in [9.17, 15) is 0 Å². The molecule has 0 radical (unpaired) electrons. The molecule has 1 heterocycles. The van der Waals surface area contributed by atoms with Crippen LogP contribution in [0.25, 0.3) is 0 Å². The fourth-order valence-corrected chi connectivity index (χ4v) is 3.44. The van der Waals surface area contributed by atoms with Crippen LogP contribution in [0.5, 0.6) is 0 Å². The zero-order chi connectivity index (χ0) is 13.0. The van der Waals surface area contributed by atoms with Crippen molar-refractivity contribution in [3.63, 3.8) is 0 Å². The molecule has 0 spiro atoms. The van der Waals surface area contributed by atoms with Crippen molar-refractivity contribution < 1.29 is 0 Å². The molecular weight excluding hydrogens is 262 g/mol. The minimum atomic E-state index is 0.346. The lowest BCUT2D eigenvalue weighted by Gasteiger charge is -2.27. The van der Waals surface area contributed by atoms with Gasteiger partial charge in [-0.15, -0.1) is 0 Å². The number of pyridine rings is 1. The maximum absolute atomic E-state index is 5.59. The maximum Gasteiger partial charge on any atom is 0.122 e. The van der Waals surface area contributed by atoms with Crippen LogP contribution in [-0.2, 0) is 0 Å². The molecule has 98 valence electrons. The van der Waals surface area contributed by atoms with Gasteiger partial charge < -0.3 is 11.1 Å². The Bertz CT molecular complexity index is 428. The van der Waals surface area contributed by atoms with Gasteiger partial charge in [0, 0.05) is 23.2 Å². The molecule has 1 aromatic heterocycles. The van der Waals surface area contributed by atoms with Crippen molar-refractivity contribution in [3.05, 3.63) is 24.0 Å². The van der Waals surface area contributed by atoms with E-state index in [4.69, 9.17) is 18.0 Å². The molecule has 0 aliphatic heterocycles. The highest BCUT2D eigenvalue weighted by Gasteiger charge is 2.32. The minimum Gasteiger partial charge on any atom is -0.388 e. The lowest BCUT2D eigenvalue weighted by Crippen LogP contribution is -2.30. The van der Waals surface area contributed by atoms with Crippen molar-refractivity contribution in [1.29, 1.82) is 0 Å². The Balaban J connectivity index is 2.01. The maximum atomic E-state index is 5.59. The Labute approximate surface area is 118 Å². The minimum absolute atomic E-state index is 0.346. The molecule has 0 bridgehead atoms. The number of aromatic nitrogens is 1. The number of rotatable bonds is 5. The lowest BCUT2D eigenvalue weighted by molar-refractivity contribution is 0.640. The third-order valence-electron chi connectivity index (χ3n) is 3.57. The molecule has 0 saturated heterocycles. The average molecular weight is 281 g/mol. The number of nitrogens with zero attached hydrogens (tertiary/aromatic N) is 1. The van der Waals surface area contributed by atoms with Gasteiger partial charge in [-0.25, -0.2) is 0 Å². The monoisotopic (exact) mass is 281 g/mol. The molecule has 1 fully saturated rings. The Hall–Kier alpha value is -0.810. The molecule has 1 aromatic rings. The zero-order valence-electron chi connectivity index (χ0n) is 10.6. The van der Waals surface area contributed by atoms with Gasteiger partial charge in [0.05, 0.1) is 5.69 Å². The zero-order valence-corrected chi connectivity index (χ0v) is 12.2.